The highest BCUT2D eigenvalue weighted by atomic mass is 16.6. The van der Waals surface area contributed by atoms with Crippen LogP contribution in [0.25, 0.3) is 0 Å². The second-order valence-electron chi connectivity index (χ2n) is 4.39. The third-order valence-corrected chi connectivity index (χ3v) is 2.90. The fourth-order valence-corrected chi connectivity index (χ4v) is 1.90. The van der Waals surface area contributed by atoms with E-state index in [9.17, 15) is 9.59 Å². The number of aromatic amines is 1. The van der Waals surface area contributed by atoms with Gasteiger partial charge in [-0.1, -0.05) is 13.3 Å². The zero-order valence-corrected chi connectivity index (χ0v) is 10.9. The summed E-state index contributed by atoms with van der Waals surface area (Å²) in [6.45, 7) is 3.92. The van der Waals surface area contributed by atoms with Crippen molar-refractivity contribution < 1.29 is 14.3 Å². The van der Waals surface area contributed by atoms with E-state index in [1.165, 1.54) is 0 Å². The fourth-order valence-electron chi connectivity index (χ4n) is 1.90. The van der Waals surface area contributed by atoms with E-state index in [1.807, 2.05) is 0 Å². The highest BCUT2D eigenvalue weighted by molar-refractivity contribution is 5.92. The molecule has 0 atom stereocenters. The summed E-state index contributed by atoms with van der Waals surface area (Å²) in [5.41, 5.74) is 1.34. The summed E-state index contributed by atoms with van der Waals surface area (Å²) >= 11 is 0. The summed E-state index contributed by atoms with van der Waals surface area (Å²) in [4.78, 5) is 24.5. The number of hydrogen-bond acceptors (Lipinski definition) is 4. The van der Waals surface area contributed by atoms with Crippen LogP contribution in [0.15, 0.2) is 6.07 Å². The van der Waals surface area contributed by atoms with Crippen LogP contribution in [0.3, 0.4) is 0 Å². The van der Waals surface area contributed by atoms with Crippen LogP contribution >= 0.6 is 0 Å². The van der Waals surface area contributed by atoms with E-state index in [1.54, 1.807) is 11.0 Å². The monoisotopic (exact) mass is 266 g/mol. The topological polar surface area (TPSA) is 87.3 Å². The molecule has 2 heterocycles. The maximum Gasteiger partial charge on any atom is 0.409 e. The quantitative estimate of drug-likeness (QED) is 0.787. The number of ether oxygens (including phenoxy) is 1. The van der Waals surface area contributed by atoms with Crippen molar-refractivity contribution in [1.29, 1.82) is 0 Å². The van der Waals surface area contributed by atoms with E-state index < -0.39 is 0 Å². The molecule has 1 saturated heterocycles. The molecule has 0 unspecified atom stereocenters. The van der Waals surface area contributed by atoms with Crippen LogP contribution in [0, 0.1) is 0 Å². The number of aryl methyl sites for hydroxylation is 1. The Morgan fingerprint density at radius 2 is 2.47 bits per heavy atom. The molecule has 1 aromatic heterocycles. The van der Waals surface area contributed by atoms with Crippen molar-refractivity contribution in [3.05, 3.63) is 17.5 Å². The molecule has 0 aromatic carbocycles. The largest absolute Gasteiger partial charge is 0.448 e. The zero-order valence-electron chi connectivity index (χ0n) is 10.9. The van der Waals surface area contributed by atoms with Crippen molar-refractivity contribution in [2.24, 2.45) is 0 Å². The molecule has 0 bridgehead atoms. The standard InChI is InChI=1S/C12H18N4O3/c1-2-3-9-8-10(15-14-9)11(17)13-4-5-16-6-7-19-12(16)18/h8H,2-7H2,1H3,(H,13,17)(H,14,15). The highest BCUT2D eigenvalue weighted by Gasteiger charge is 2.21. The minimum Gasteiger partial charge on any atom is -0.448 e. The molecule has 0 radical (unpaired) electrons. The first kappa shape index (κ1) is 13.4. The van der Waals surface area contributed by atoms with Gasteiger partial charge in [0.15, 0.2) is 0 Å². The van der Waals surface area contributed by atoms with Gasteiger partial charge in [0.05, 0.1) is 6.54 Å². The first-order valence-corrected chi connectivity index (χ1v) is 6.45. The number of hydrogen-bond donors (Lipinski definition) is 2. The third-order valence-electron chi connectivity index (χ3n) is 2.90. The molecule has 1 aromatic rings. The Balaban J connectivity index is 1.75. The summed E-state index contributed by atoms with van der Waals surface area (Å²) in [6, 6.07) is 1.75. The molecular formula is C12H18N4O3. The number of aromatic nitrogens is 2. The minimum atomic E-state index is -0.320. The molecule has 1 aliphatic heterocycles. The van der Waals surface area contributed by atoms with E-state index in [4.69, 9.17) is 4.74 Å². The third kappa shape index (κ3) is 3.46. The maximum atomic E-state index is 11.8. The second kappa shape index (κ2) is 6.21. The number of nitrogens with one attached hydrogen (secondary N) is 2. The summed E-state index contributed by atoms with van der Waals surface area (Å²) in [5, 5.41) is 9.52. The number of rotatable bonds is 6. The molecule has 7 heteroatoms. The molecule has 2 amide bonds. The molecule has 1 aliphatic rings. The van der Waals surface area contributed by atoms with Crippen molar-refractivity contribution >= 4 is 12.0 Å². The molecule has 104 valence electrons. The lowest BCUT2D eigenvalue weighted by molar-refractivity contribution is 0.0944. The minimum absolute atomic E-state index is 0.230. The maximum absolute atomic E-state index is 11.8. The van der Waals surface area contributed by atoms with Crippen molar-refractivity contribution in [3.8, 4) is 0 Å². The lowest BCUT2D eigenvalue weighted by atomic mass is 10.2. The Labute approximate surface area is 111 Å². The van der Waals surface area contributed by atoms with Gasteiger partial charge >= 0.3 is 6.09 Å². The molecule has 2 rings (SSSR count). The summed E-state index contributed by atoms with van der Waals surface area (Å²) in [6.07, 6.45) is 1.56. The number of cyclic esters (lactones) is 1. The van der Waals surface area contributed by atoms with Crippen molar-refractivity contribution in [2.45, 2.75) is 19.8 Å². The lowest BCUT2D eigenvalue weighted by Gasteiger charge is -2.12. The molecular weight excluding hydrogens is 248 g/mol. The first-order chi connectivity index (χ1) is 9.20. The van der Waals surface area contributed by atoms with Crippen LogP contribution in [-0.2, 0) is 11.2 Å². The van der Waals surface area contributed by atoms with Gasteiger partial charge in [-0.2, -0.15) is 5.10 Å². The smallest absolute Gasteiger partial charge is 0.409 e. The Bertz CT molecular complexity index is 458. The SMILES string of the molecule is CCCc1cc(C(=O)NCCN2CCOC2=O)n[nH]1. The Kier molecular flexibility index (Phi) is 4.38. The van der Waals surface area contributed by atoms with Gasteiger partial charge in [-0.15, -0.1) is 0 Å². The van der Waals surface area contributed by atoms with Crippen LogP contribution in [-0.4, -0.2) is 53.3 Å². The first-order valence-electron chi connectivity index (χ1n) is 6.45. The van der Waals surface area contributed by atoms with E-state index >= 15 is 0 Å². The van der Waals surface area contributed by atoms with Crippen molar-refractivity contribution in [1.82, 2.24) is 20.4 Å². The number of carbonyl (C=O) groups excluding carboxylic acids is 2. The van der Waals surface area contributed by atoms with Crippen LogP contribution < -0.4 is 5.32 Å². The fraction of sp³-hybridized carbons (Fsp3) is 0.583. The molecule has 19 heavy (non-hydrogen) atoms. The Hall–Kier alpha value is -2.05. The van der Waals surface area contributed by atoms with Gasteiger partial charge in [-0.3, -0.25) is 9.89 Å². The summed E-state index contributed by atoms with van der Waals surface area (Å²) in [7, 11) is 0. The van der Waals surface area contributed by atoms with Gasteiger partial charge < -0.3 is 15.0 Å². The van der Waals surface area contributed by atoms with E-state index in [0.717, 1.165) is 18.5 Å². The van der Waals surface area contributed by atoms with Gasteiger partial charge in [0.25, 0.3) is 5.91 Å². The van der Waals surface area contributed by atoms with Crippen molar-refractivity contribution in [3.63, 3.8) is 0 Å². The number of H-pyrrole nitrogens is 1. The molecule has 7 nitrogen and oxygen atoms in total. The average Bonchev–Trinajstić information content (AvgIpc) is 3.00. The predicted octanol–water partition coefficient (Wildman–Crippen LogP) is 0.544. The van der Waals surface area contributed by atoms with E-state index in [-0.39, 0.29) is 12.0 Å². The van der Waals surface area contributed by atoms with Gasteiger partial charge in [0.1, 0.15) is 12.3 Å². The van der Waals surface area contributed by atoms with Crippen molar-refractivity contribution in [2.75, 3.05) is 26.2 Å². The molecule has 1 fully saturated rings. The highest BCUT2D eigenvalue weighted by Crippen LogP contribution is 2.03. The molecule has 0 saturated carbocycles. The van der Waals surface area contributed by atoms with Crippen LogP contribution in [0.4, 0.5) is 4.79 Å². The number of amides is 2. The van der Waals surface area contributed by atoms with Crippen LogP contribution in [0.2, 0.25) is 0 Å². The van der Waals surface area contributed by atoms with E-state index in [2.05, 4.69) is 22.4 Å². The average molecular weight is 266 g/mol. The zero-order chi connectivity index (χ0) is 13.7. The molecule has 0 aliphatic carbocycles. The molecule has 2 N–H and O–H groups in total. The van der Waals surface area contributed by atoms with Gasteiger partial charge in [-0.05, 0) is 12.5 Å². The van der Waals surface area contributed by atoms with E-state index in [0.29, 0.717) is 31.9 Å². The van der Waals surface area contributed by atoms with Gasteiger partial charge in [0.2, 0.25) is 0 Å². The Morgan fingerprint density at radius 1 is 1.63 bits per heavy atom. The summed E-state index contributed by atoms with van der Waals surface area (Å²) < 4.78 is 4.79. The predicted molar refractivity (Wildman–Crippen MR) is 67.8 cm³/mol. The Morgan fingerprint density at radius 3 is 3.16 bits per heavy atom. The van der Waals surface area contributed by atoms with Crippen LogP contribution in [0.1, 0.15) is 29.5 Å². The number of nitrogens with zero attached hydrogens (tertiary/aromatic N) is 2. The van der Waals surface area contributed by atoms with Crippen LogP contribution in [0.5, 0.6) is 0 Å². The normalized spacial score (nSPS) is 14.6. The number of carbonyl (C=O) groups is 2. The molecule has 0 spiro atoms. The second-order valence-corrected chi connectivity index (χ2v) is 4.39. The van der Waals surface area contributed by atoms with Gasteiger partial charge in [0, 0.05) is 18.8 Å². The lowest BCUT2D eigenvalue weighted by Crippen LogP contribution is -2.35. The van der Waals surface area contributed by atoms with Gasteiger partial charge in [-0.25, -0.2) is 4.79 Å². The summed E-state index contributed by atoms with van der Waals surface area (Å²) in [5.74, 6) is -0.230.